The molecule has 2 N–H and O–H groups in total. The van der Waals surface area contributed by atoms with Gasteiger partial charge in [0.05, 0.1) is 24.4 Å². The highest BCUT2D eigenvalue weighted by Gasteiger charge is 2.31. The molecule has 1 aromatic rings. The predicted octanol–water partition coefficient (Wildman–Crippen LogP) is 3.24. The van der Waals surface area contributed by atoms with Gasteiger partial charge in [0.1, 0.15) is 11.6 Å². The van der Waals surface area contributed by atoms with E-state index in [9.17, 15) is 14.3 Å². The van der Waals surface area contributed by atoms with Crippen LogP contribution in [0.1, 0.15) is 33.6 Å². The van der Waals surface area contributed by atoms with Gasteiger partial charge in [-0.25, -0.2) is 9.18 Å². The highest BCUT2D eigenvalue weighted by molar-refractivity contribution is 5.89. The topological polar surface area (TPSA) is 61.8 Å². The lowest BCUT2D eigenvalue weighted by molar-refractivity contribution is 0.0811. The van der Waals surface area contributed by atoms with Crippen molar-refractivity contribution in [2.75, 3.05) is 18.5 Å². The van der Waals surface area contributed by atoms with Crippen LogP contribution >= 0.6 is 0 Å². The molecule has 128 valence electrons. The average molecular weight is 324 g/mol. The number of hydrogen-bond donors (Lipinski definition) is 2. The third-order valence-electron chi connectivity index (χ3n) is 4.12. The average Bonchev–Trinajstić information content (AvgIpc) is 2.49. The van der Waals surface area contributed by atoms with Crippen molar-refractivity contribution < 1.29 is 19.0 Å². The number of likely N-dealkylation sites (tertiary alicyclic amines) is 1. The number of piperidine rings is 1. The summed E-state index contributed by atoms with van der Waals surface area (Å²) in [5.41, 5.74) is 0.112. The van der Waals surface area contributed by atoms with Crippen LogP contribution in [0.25, 0.3) is 0 Å². The van der Waals surface area contributed by atoms with Crippen LogP contribution < -0.4 is 10.1 Å². The molecule has 2 atom stereocenters. The first-order valence-corrected chi connectivity index (χ1v) is 8.07. The van der Waals surface area contributed by atoms with Gasteiger partial charge in [-0.05, 0) is 44.7 Å². The second-order valence-electron chi connectivity index (χ2n) is 6.30. The molecule has 6 heteroatoms. The lowest BCUT2D eigenvalue weighted by Gasteiger charge is -2.38. The molecule has 0 spiro atoms. The number of carbonyl (C=O) groups excluding carboxylic acids is 1. The fraction of sp³-hybridized carbons (Fsp3) is 0.588. The summed E-state index contributed by atoms with van der Waals surface area (Å²) in [6.45, 7) is 6.22. The number of halogens is 1. The number of aliphatic hydroxyl groups excluding tert-OH is 1. The maximum Gasteiger partial charge on any atom is 0.322 e. The predicted molar refractivity (Wildman–Crippen MR) is 87.2 cm³/mol. The number of amides is 2. The zero-order chi connectivity index (χ0) is 17.0. The minimum Gasteiger partial charge on any atom is -0.491 e. The number of aliphatic hydroxyl groups is 1. The van der Waals surface area contributed by atoms with E-state index in [2.05, 4.69) is 5.32 Å². The monoisotopic (exact) mass is 324 g/mol. The second-order valence-corrected chi connectivity index (χ2v) is 6.30. The smallest absolute Gasteiger partial charge is 0.322 e. The van der Waals surface area contributed by atoms with Gasteiger partial charge in [-0.3, -0.25) is 0 Å². The highest BCUT2D eigenvalue weighted by Crippen LogP contribution is 2.25. The molecule has 2 rings (SSSR count). The third-order valence-corrected chi connectivity index (χ3v) is 4.12. The Morgan fingerprint density at radius 2 is 2.26 bits per heavy atom. The van der Waals surface area contributed by atoms with E-state index in [-0.39, 0.29) is 36.4 Å². The van der Waals surface area contributed by atoms with Crippen LogP contribution in [0.3, 0.4) is 0 Å². The Balaban J connectivity index is 2.07. The summed E-state index contributed by atoms with van der Waals surface area (Å²) in [4.78, 5) is 14.0. The van der Waals surface area contributed by atoms with Crippen molar-refractivity contribution in [1.82, 2.24) is 4.90 Å². The van der Waals surface area contributed by atoms with Crippen LogP contribution in [0.15, 0.2) is 18.2 Å². The van der Waals surface area contributed by atoms with E-state index in [4.69, 9.17) is 4.74 Å². The summed E-state index contributed by atoms with van der Waals surface area (Å²) in [5.74, 6) is 0.114. The van der Waals surface area contributed by atoms with Crippen LogP contribution in [0.4, 0.5) is 14.9 Å². The second kappa shape index (κ2) is 7.64. The molecule has 5 nitrogen and oxygen atoms in total. The molecule has 1 aliphatic heterocycles. The number of rotatable bonds is 4. The minimum atomic E-state index is -0.540. The lowest BCUT2D eigenvalue weighted by atomic mass is 9.91. The summed E-state index contributed by atoms with van der Waals surface area (Å²) in [7, 11) is 0. The van der Waals surface area contributed by atoms with Gasteiger partial charge in [0.15, 0.2) is 0 Å². The molecule has 0 aromatic heterocycles. The van der Waals surface area contributed by atoms with Crippen LogP contribution in [-0.2, 0) is 0 Å². The van der Waals surface area contributed by atoms with E-state index < -0.39 is 5.82 Å². The van der Waals surface area contributed by atoms with E-state index in [1.165, 1.54) is 12.1 Å². The molecule has 0 bridgehead atoms. The summed E-state index contributed by atoms with van der Waals surface area (Å²) < 4.78 is 19.5. The van der Waals surface area contributed by atoms with Crippen molar-refractivity contribution >= 4 is 11.7 Å². The maximum atomic E-state index is 14.1. The van der Waals surface area contributed by atoms with E-state index in [0.29, 0.717) is 12.3 Å². The highest BCUT2D eigenvalue weighted by atomic mass is 19.1. The van der Waals surface area contributed by atoms with E-state index in [1.807, 2.05) is 20.8 Å². The number of benzene rings is 1. The molecule has 1 saturated heterocycles. The van der Waals surface area contributed by atoms with Crippen molar-refractivity contribution in [2.24, 2.45) is 5.92 Å². The Bertz CT molecular complexity index is 551. The Labute approximate surface area is 136 Å². The van der Waals surface area contributed by atoms with Gasteiger partial charge in [-0.2, -0.15) is 0 Å². The van der Waals surface area contributed by atoms with Crippen LogP contribution in [-0.4, -0.2) is 41.3 Å². The minimum absolute atomic E-state index is 0.0463. The molecular weight excluding hydrogens is 299 g/mol. The van der Waals surface area contributed by atoms with Crippen molar-refractivity contribution in [1.29, 1.82) is 0 Å². The van der Waals surface area contributed by atoms with Gasteiger partial charge in [0, 0.05) is 12.6 Å². The number of carbonyl (C=O) groups is 1. The molecule has 2 amide bonds. The van der Waals surface area contributed by atoms with E-state index in [0.717, 1.165) is 12.8 Å². The number of hydrogen-bond acceptors (Lipinski definition) is 3. The Morgan fingerprint density at radius 1 is 1.52 bits per heavy atom. The Kier molecular flexibility index (Phi) is 5.82. The van der Waals surface area contributed by atoms with Gasteiger partial charge < -0.3 is 20.1 Å². The molecule has 0 aliphatic carbocycles. The van der Waals surface area contributed by atoms with Crippen LogP contribution in [0.2, 0.25) is 0 Å². The van der Waals surface area contributed by atoms with Crippen molar-refractivity contribution in [3.63, 3.8) is 0 Å². The fourth-order valence-corrected chi connectivity index (χ4v) is 2.91. The normalized spacial score (nSPS) is 21.4. The Morgan fingerprint density at radius 3 is 2.87 bits per heavy atom. The first kappa shape index (κ1) is 17.5. The largest absolute Gasteiger partial charge is 0.491 e. The van der Waals surface area contributed by atoms with E-state index >= 15 is 0 Å². The summed E-state index contributed by atoms with van der Waals surface area (Å²) in [6, 6.07) is 3.77. The fourth-order valence-electron chi connectivity index (χ4n) is 2.91. The number of urea groups is 1. The zero-order valence-corrected chi connectivity index (χ0v) is 13.9. The molecule has 0 saturated carbocycles. The summed E-state index contributed by atoms with van der Waals surface area (Å²) in [6.07, 6.45) is 1.81. The van der Waals surface area contributed by atoms with Crippen LogP contribution in [0, 0.1) is 11.7 Å². The molecule has 1 fully saturated rings. The third kappa shape index (κ3) is 4.34. The SMILES string of the molecule is CC(C)Oc1ccc(NC(=O)N2CCCC(C)C2CO)c(F)c1. The molecule has 2 unspecified atom stereocenters. The molecule has 0 radical (unpaired) electrons. The van der Waals surface area contributed by atoms with E-state index in [1.54, 1.807) is 11.0 Å². The molecular formula is C17H25FN2O3. The lowest BCUT2D eigenvalue weighted by Crippen LogP contribution is -2.51. The van der Waals surface area contributed by atoms with Gasteiger partial charge in [-0.15, -0.1) is 0 Å². The van der Waals surface area contributed by atoms with Gasteiger partial charge in [-0.1, -0.05) is 6.92 Å². The van der Waals surface area contributed by atoms with Gasteiger partial charge in [0.2, 0.25) is 0 Å². The van der Waals surface area contributed by atoms with Gasteiger partial charge in [0.25, 0.3) is 0 Å². The molecule has 1 aliphatic rings. The molecule has 1 heterocycles. The number of nitrogens with zero attached hydrogens (tertiary/aromatic N) is 1. The van der Waals surface area contributed by atoms with Crippen molar-refractivity contribution in [2.45, 2.75) is 45.8 Å². The quantitative estimate of drug-likeness (QED) is 0.894. The zero-order valence-electron chi connectivity index (χ0n) is 13.9. The maximum absolute atomic E-state index is 14.1. The number of ether oxygens (including phenoxy) is 1. The number of nitrogens with one attached hydrogen (secondary N) is 1. The van der Waals surface area contributed by atoms with Crippen molar-refractivity contribution in [3.05, 3.63) is 24.0 Å². The first-order chi connectivity index (χ1) is 10.9. The molecule has 23 heavy (non-hydrogen) atoms. The summed E-state index contributed by atoms with van der Waals surface area (Å²) in [5, 5.41) is 12.1. The Hall–Kier alpha value is -1.82. The first-order valence-electron chi connectivity index (χ1n) is 8.07. The summed E-state index contributed by atoms with van der Waals surface area (Å²) >= 11 is 0. The van der Waals surface area contributed by atoms with Crippen molar-refractivity contribution in [3.8, 4) is 5.75 Å². The number of anilines is 1. The molecule has 1 aromatic carbocycles. The van der Waals surface area contributed by atoms with Gasteiger partial charge >= 0.3 is 6.03 Å². The standard InChI is InChI=1S/C17H25FN2O3/c1-11(2)23-13-6-7-15(14(18)9-13)19-17(22)20-8-4-5-12(3)16(20)10-21/h6-7,9,11-12,16,21H,4-5,8,10H2,1-3H3,(H,19,22). The van der Waals surface area contributed by atoms with Crippen LogP contribution in [0.5, 0.6) is 5.75 Å².